The van der Waals surface area contributed by atoms with Crippen molar-refractivity contribution in [3.05, 3.63) is 62.8 Å². The van der Waals surface area contributed by atoms with E-state index >= 15 is 0 Å². The van der Waals surface area contributed by atoms with E-state index < -0.39 is 11.6 Å². The van der Waals surface area contributed by atoms with Crippen LogP contribution in [0.5, 0.6) is 0 Å². The molecule has 2 saturated heterocycles. The van der Waals surface area contributed by atoms with Crippen molar-refractivity contribution in [1.29, 1.82) is 0 Å². The Labute approximate surface area is 221 Å². The van der Waals surface area contributed by atoms with Crippen molar-refractivity contribution in [1.82, 2.24) is 14.5 Å². The van der Waals surface area contributed by atoms with Crippen LogP contribution in [-0.4, -0.2) is 57.9 Å². The molecule has 0 radical (unpaired) electrons. The summed E-state index contributed by atoms with van der Waals surface area (Å²) in [6.45, 7) is 5.41. The van der Waals surface area contributed by atoms with E-state index in [0.717, 1.165) is 62.5 Å². The molecule has 38 heavy (non-hydrogen) atoms. The van der Waals surface area contributed by atoms with Gasteiger partial charge in [0, 0.05) is 48.5 Å². The molecule has 2 aromatic rings. The normalized spacial score (nSPS) is 23.4. The molecule has 3 aliphatic heterocycles. The zero-order valence-electron chi connectivity index (χ0n) is 21.9. The van der Waals surface area contributed by atoms with E-state index in [2.05, 4.69) is 10.1 Å². The lowest BCUT2D eigenvalue weighted by Crippen LogP contribution is -2.40. The minimum atomic E-state index is -0.727. The van der Waals surface area contributed by atoms with Crippen molar-refractivity contribution >= 4 is 5.71 Å². The van der Waals surface area contributed by atoms with E-state index in [1.54, 1.807) is 4.57 Å². The Hall–Kier alpha value is -2.69. The van der Waals surface area contributed by atoms with Gasteiger partial charge in [-0.15, -0.1) is 0 Å². The summed E-state index contributed by atoms with van der Waals surface area (Å²) in [5, 5.41) is 12.9. The lowest BCUT2D eigenvalue weighted by molar-refractivity contribution is -0.195. The largest absolute Gasteiger partial charge is 0.411 e. The molecule has 1 aromatic heterocycles. The topological polar surface area (TPSA) is 89.2 Å². The third kappa shape index (κ3) is 5.82. The minimum Gasteiger partial charge on any atom is -0.411 e. The van der Waals surface area contributed by atoms with Crippen LogP contribution in [-0.2, 0) is 22.4 Å². The second kappa shape index (κ2) is 12.0. The maximum Gasteiger partial charge on any atom is 0.257 e. The summed E-state index contributed by atoms with van der Waals surface area (Å²) in [5.74, 6) is -0.807. The lowest BCUT2D eigenvalue weighted by Gasteiger charge is -2.33. The number of nitrogens with zero attached hydrogens (tertiary/aromatic N) is 4. The van der Waals surface area contributed by atoms with Gasteiger partial charge in [-0.05, 0) is 83.5 Å². The van der Waals surface area contributed by atoms with Gasteiger partial charge >= 0.3 is 0 Å². The first kappa shape index (κ1) is 26.9. The number of hydrogen-bond donors (Lipinski definition) is 1. The van der Waals surface area contributed by atoms with E-state index in [4.69, 9.17) is 14.5 Å². The molecule has 0 aliphatic carbocycles. The van der Waals surface area contributed by atoms with E-state index in [-0.39, 0.29) is 35.1 Å². The molecule has 0 saturated carbocycles. The molecule has 8 nitrogen and oxygen atoms in total. The zero-order chi connectivity index (χ0) is 26.6. The summed E-state index contributed by atoms with van der Waals surface area (Å²) in [6.07, 6.45) is 6.22. The van der Waals surface area contributed by atoms with Crippen molar-refractivity contribution < 1.29 is 23.5 Å². The van der Waals surface area contributed by atoms with Crippen LogP contribution in [0.25, 0.3) is 0 Å². The molecule has 2 fully saturated rings. The molecule has 1 N–H and O–H groups in total. The molecule has 4 heterocycles. The van der Waals surface area contributed by atoms with Gasteiger partial charge < -0.3 is 19.6 Å². The summed E-state index contributed by atoms with van der Waals surface area (Å²) in [5.41, 5.74) is 1.88. The Kier molecular flexibility index (Phi) is 8.50. The number of rotatable bonds is 7. The number of piperidine rings is 1. The molecule has 0 amide bonds. The van der Waals surface area contributed by atoms with E-state index in [9.17, 15) is 18.8 Å². The third-order valence-electron chi connectivity index (χ3n) is 8.06. The van der Waals surface area contributed by atoms with Crippen molar-refractivity contribution in [2.45, 2.75) is 77.2 Å². The Morgan fingerprint density at radius 1 is 1.16 bits per heavy atom. The number of oxime groups is 1. The van der Waals surface area contributed by atoms with Crippen LogP contribution < -0.4 is 5.56 Å². The molecular formula is C28H36F2N4O4. The fourth-order valence-electron chi connectivity index (χ4n) is 5.92. The van der Waals surface area contributed by atoms with E-state index in [1.807, 2.05) is 6.92 Å². The predicted molar refractivity (Wildman–Crippen MR) is 137 cm³/mol. The van der Waals surface area contributed by atoms with Gasteiger partial charge in [0.2, 0.25) is 0 Å². The highest BCUT2D eigenvalue weighted by atomic mass is 19.1. The Bertz CT molecular complexity index is 1220. The highest BCUT2D eigenvalue weighted by Crippen LogP contribution is 2.30. The van der Waals surface area contributed by atoms with Gasteiger partial charge in [0.1, 0.15) is 23.6 Å². The summed E-state index contributed by atoms with van der Waals surface area (Å²) in [7, 11) is 0. The van der Waals surface area contributed by atoms with E-state index in [0.29, 0.717) is 44.8 Å². The maximum absolute atomic E-state index is 14.3. The number of aromatic nitrogens is 2. The Balaban J connectivity index is 1.21. The zero-order valence-corrected chi connectivity index (χ0v) is 21.9. The minimum absolute atomic E-state index is 0.0155. The monoisotopic (exact) mass is 530 g/mol. The highest BCUT2D eigenvalue weighted by Gasteiger charge is 2.30. The first-order valence-corrected chi connectivity index (χ1v) is 13.7. The van der Waals surface area contributed by atoms with Gasteiger partial charge in [0.05, 0.1) is 5.71 Å². The maximum atomic E-state index is 14.3. The second-order valence-corrected chi connectivity index (χ2v) is 10.5. The molecule has 1 aromatic carbocycles. The SMILES string of the molecule is Cc1nc2n(c(=O)c1CCN1CCC(/C(=N\O)c3ccc(F)cc3F)CC1)CCCC2OC1CCCCO1. The van der Waals surface area contributed by atoms with Gasteiger partial charge in [0.15, 0.2) is 6.29 Å². The molecule has 0 bridgehead atoms. The summed E-state index contributed by atoms with van der Waals surface area (Å²) >= 11 is 0. The molecule has 2 atom stereocenters. The average molecular weight is 531 g/mol. The number of halogens is 2. The highest BCUT2D eigenvalue weighted by molar-refractivity contribution is 6.02. The number of ether oxygens (including phenoxy) is 2. The first-order chi connectivity index (χ1) is 18.4. The number of likely N-dealkylation sites (tertiary alicyclic amines) is 1. The van der Waals surface area contributed by atoms with Gasteiger partial charge in [-0.1, -0.05) is 5.16 Å². The van der Waals surface area contributed by atoms with Crippen molar-refractivity contribution in [2.24, 2.45) is 11.1 Å². The lowest BCUT2D eigenvalue weighted by atomic mass is 9.88. The van der Waals surface area contributed by atoms with Crippen LogP contribution in [0.15, 0.2) is 28.1 Å². The quantitative estimate of drug-likeness (QED) is 0.326. The molecule has 2 unspecified atom stereocenters. The van der Waals surface area contributed by atoms with Gasteiger partial charge in [-0.2, -0.15) is 0 Å². The number of aryl methyl sites for hydroxylation is 1. The summed E-state index contributed by atoms with van der Waals surface area (Å²) < 4.78 is 41.3. The molecule has 0 spiro atoms. The van der Waals surface area contributed by atoms with Crippen LogP contribution in [0.2, 0.25) is 0 Å². The fourth-order valence-corrected chi connectivity index (χ4v) is 5.92. The Morgan fingerprint density at radius 3 is 2.68 bits per heavy atom. The predicted octanol–water partition coefficient (Wildman–Crippen LogP) is 4.34. The van der Waals surface area contributed by atoms with Gasteiger partial charge in [-0.3, -0.25) is 9.36 Å². The van der Waals surface area contributed by atoms with Crippen molar-refractivity contribution in [2.75, 3.05) is 26.2 Å². The fraction of sp³-hybridized carbons (Fsp3) is 0.607. The van der Waals surface area contributed by atoms with Crippen LogP contribution in [0.4, 0.5) is 8.78 Å². The van der Waals surface area contributed by atoms with Gasteiger partial charge in [-0.25, -0.2) is 13.8 Å². The van der Waals surface area contributed by atoms with Crippen LogP contribution in [0, 0.1) is 24.5 Å². The molecular weight excluding hydrogens is 494 g/mol. The van der Waals surface area contributed by atoms with E-state index in [1.165, 1.54) is 12.1 Å². The smallest absolute Gasteiger partial charge is 0.257 e. The number of fused-ring (bicyclic) bond motifs is 1. The van der Waals surface area contributed by atoms with Crippen LogP contribution in [0.1, 0.15) is 73.7 Å². The number of benzene rings is 1. The standard InChI is InChI=1S/C28H36F2N4O4/c1-18-21(28(35)34-12-4-5-24(27(34)31-18)38-25-6-2-3-16-37-25)11-15-33-13-9-19(10-14-33)26(32-36)22-8-7-20(29)17-23(22)30/h7-8,17,19,24-25,36H,2-6,9-16H2,1H3/b32-26+. The van der Waals surface area contributed by atoms with Gasteiger partial charge in [0.25, 0.3) is 5.56 Å². The molecule has 206 valence electrons. The van der Waals surface area contributed by atoms with Crippen molar-refractivity contribution in [3.8, 4) is 0 Å². The van der Waals surface area contributed by atoms with Crippen LogP contribution in [0.3, 0.4) is 0 Å². The Morgan fingerprint density at radius 2 is 1.97 bits per heavy atom. The second-order valence-electron chi connectivity index (χ2n) is 10.5. The average Bonchev–Trinajstić information content (AvgIpc) is 2.92. The third-order valence-corrected chi connectivity index (χ3v) is 8.06. The van der Waals surface area contributed by atoms with Crippen LogP contribution >= 0.6 is 0 Å². The van der Waals surface area contributed by atoms with Crippen molar-refractivity contribution in [3.63, 3.8) is 0 Å². The number of hydrogen-bond acceptors (Lipinski definition) is 7. The summed E-state index contributed by atoms with van der Waals surface area (Å²) in [4.78, 5) is 20.6. The molecule has 5 rings (SSSR count). The molecule has 10 heteroatoms. The summed E-state index contributed by atoms with van der Waals surface area (Å²) in [6, 6.07) is 3.30. The molecule has 3 aliphatic rings. The first-order valence-electron chi connectivity index (χ1n) is 13.7.